The second-order valence-corrected chi connectivity index (χ2v) is 6.45. The summed E-state index contributed by atoms with van der Waals surface area (Å²) in [4.78, 5) is 28.5. The Kier molecular flexibility index (Phi) is 5.85. The number of ether oxygens (including phenoxy) is 1. The highest BCUT2D eigenvalue weighted by molar-refractivity contribution is 5.96. The van der Waals surface area contributed by atoms with Crippen LogP contribution in [-0.4, -0.2) is 64.2 Å². The van der Waals surface area contributed by atoms with Gasteiger partial charge in [0.05, 0.1) is 6.61 Å². The van der Waals surface area contributed by atoms with Crippen LogP contribution in [0.5, 0.6) is 0 Å². The molecule has 0 bridgehead atoms. The van der Waals surface area contributed by atoms with Gasteiger partial charge in [-0.15, -0.1) is 0 Å². The molecule has 0 saturated carbocycles. The van der Waals surface area contributed by atoms with Crippen LogP contribution in [0, 0.1) is 5.82 Å². The third-order valence-corrected chi connectivity index (χ3v) is 4.56. The van der Waals surface area contributed by atoms with Crippen LogP contribution in [0.4, 0.5) is 4.39 Å². The number of benzene rings is 1. The summed E-state index contributed by atoms with van der Waals surface area (Å²) in [6.45, 7) is 5.31. The monoisotopic (exact) mass is 374 g/mol. The van der Waals surface area contributed by atoms with E-state index in [0.717, 1.165) is 25.2 Å². The highest BCUT2D eigenvalue weighted by atomic mass is 19.1. The number of esters is 1. The predicted molar refractivity (Wildman–Crippen MR) is 96.7 cm³/mol. The van der Waals surface area contributed by atoms with Crippen LogP contribution in [0.1, 0.15) is 33.5 Å². The van der Waals surface area contributed by atoms with E-state index in [1.54, 1.807) is 31.0 Å². The lowest BCUT2D eigenvalue weighted by molar-refractivity contribution is 0.0513. The van der Waals surface area contributed by atoms with Crippen molar-refractivity contribution in [1.82, 2.24) is 19.6 Å². The molecule has 1 amide bonds. The number of piperazine rings is 1. The van der Waals surface area contributed by atoms with Crippen LogP contribution >= 0.6 is 0 Å². The number of nitrogens with zero attached hydrogens (tertiary/aromatic N) is 4. The highest BCUT2D eigenvalue weighted by Crippen LogP contribution is 2.13. The Hall–Kier alpha value is -2.74. The second kappa shape index (κ2) is 8.30. The zero-order valence-electron chi connectivity index (χ0n) is 15.5. The number of rotatable bonds is 5. The minimum atomic E-state index is -0.490. The molecular formula is C19H23FN4O3. The quantitative estimate of drug-likeness (QED) is 0.745. The molecule has 1 aromatic carbocycles. The van der Waals surface area contributed by atoms with Crippen molar-refractivity contribution in [2.75, 3.05) is 32.8 Å². The summed E-state index contributed by atoms with van der Waals surface area (Å²) in [5.41, 5.74) is 1.54. The number of halogens is 1. The van der Waals surface area contributed by atoms with Crippen molar-refractivity contribution in [1.29, 1.82) is 0 Å². The lowest BCUT2D eigenvalue weighted by Gasteiger charge is -2.34. The lowest BCUT2D eigenvalue weighted by Crippen LogP contribution is -2.48. The molecule has 0 aliphatic carbocycles. The van der Waals surface area contributed by atoms with E-state index in [1.807, 2.05) is 0 Å². The minimum Gasteiger partial charge on any atom is -0.461 e. The van der Waals surface area contributed by atoms with Gasteiger partial charge in [-0.2, -0.15) is 5.10 Å². The number of hydrogen-bond donors (Lipinski definition) is 0. The highest BCUT2D eigenvalue weighted by Gasteiger charge is 2.26. The van der Waals surface area contributed by atoms with E-state index in [1.165, 1.54) is 22.9 Å². The number of hydrogen-bond acceptors (Lipinski definition) is 5. The smallest absolute Gasteiger partial charge is 0.356 e. The Morgan fingerprint density at radius 3 is 2.44 bits per heavy atom. The van der Waals surface area contributed by atoms with E-state index < -0.39 is 5.97 Å². The third kappa shape index (κ3) is 4.51. The zero-order chi connectivity index (χ0) is 19.4. The van der Waals surface area contributed by atoms with Gasteiger partial charge in [-0.3, -0.25) is 14.4 Å². The van der Waals surface area contributed by atoms with Crippen molar-refractivity contribution in [3.8, 4) is 0 Å². The minimum absolute atomic E-state index is 0.192. The Balaban J connectivity index is 1.57. The van der Waals surface area contributed by atoms with Crippen molar-refractivity contribution in [3.63, 3.8) is 0 Å². The van der Waals surface area contributed by atoms with Gasteiger partial charge in [0, 0.05) is 45.8 Å². The van der Waals surface area contributed by atoms with Gasteiger partial charge in [0.2, 0.25) is 0 Å². The van der Waals surface area contributed by atoms with E-state index in [4.69, 9.17) is 4.74 Å². The number of aromatic nitrogens is 2. The second-order valence-electron chi connectivity index (χ2n) is 6.45. The molecule has 2 heterocycles. The maximum atomic E-state index is 13.0. The van der Waals surface area contributed by atoms with Gasteiger partial charge in [0.25, 0.3) is 5.91 Å². The number of carbonyl (C=O) groups excluding carboxylic acids is 2. The van der Waals surface area contributed by atoms with E-state index in [-0.39, 0.29) is 29.7 Å². The normalized spacial score (nSPS) is 15.0. The molecule has 144 valence electrons. The number of aryl methyl sites for hydroxylation is 1. The summed E-state index contributed by atoms with van der Waals surface area (Å²) >= 11 is 0. The van der Waals surface area contributed by atoms with Gasteiger partial charge in [-0.1, -0.05) is 12.1 Å². The standard InChI is InChI=1S/C19H23FN4O3/c1-3-27-19(26)17-12-16(21-22(17)2)18(25)24-10-8-23(9-11-24)13-14-4-6-15(20)7-5-14/h4-7,12H,3,8-11,13H2,1-2H3. The Morgan fingerprint density at radius 2 is 1.81 bits per heavy atom. The van der Waals surface area contributed by atoms with Crippen molar-refractivity contribution in [3.05, 3.63) is 53.1 Å². The molecule has 0 radical (unpaired) electrons. The molecule has 1 saturated heterocycles. The van der Waals surface area contributed by atoms with Crippen molar-refractivity contribution in [2.45, 2.75) is 13.5 Å². The van der Waals surface area contributed by atoms with Crippen LogP contribution in [0.25, 0.3) is 0 Å². The van der Waals surface area contributed by atoms with Crippen molar-refractivity contribution < 1.29 is 18.7 Å². The summed E-state index contributed by atoms with van der Waals surface area (Å²) in [7, 11) is 1.61. The Morgan fingerprint density at radius 1 is 1.15 bits per heavy atom. The van der Waals surface area contributed by atoms with Crippen molar-refractivity contribution in [2.24, 2.45) is 7.05 Å². The molecule has 1 aliphatic rings. The summed E-state index contributed by atoms with van der Waals surface area (Å²) < 4.78 is 19.3. The van der Waals surface area contributed by atoms with Gasteiger partial charge < -0.3 is 9.64 Å². The van der Waals surface area contributed by atoms with Crippen LogP contribution in [0.3, 0.4) is 0 Å². The van der Waals surface area contributed by atoms with Gasteiger partial charge in [0.1, 0.15) is 11.5 Å². The molecule has 27 heavy (non-hydrogen) atoms. The molecule has 8 heteroatoms. The van der Waals surface area contributed by atoms with Gasteiger partial charge in [-0.05, 0) is 24.6 Å². The molecule has 2 aromatic rings. The molecular weight excluding hydrogens is 351 g/mol. The van der Waals surface area contributed by atoms with E-state index in [2.05, 4.69) is 10.00 Å². The number of carbonyl (C=O) groups is 2. The van der Waals surface area contributed by atoms with Gasteiger partial charge in [-0.25, -0.2) is 9.18 Å². The Bertz CT molecular complexity index is 811. The third-order valence-electron chi connectivity index (χ3n) is 4.56. The summed E-state index contributed by atoms with van der Waals surface area (Å²) in [5, 5.41) is 4.16. The van der Waals surface area contributed by atoms with E-state index >= 15 is 0 Å². The molecule has 1 aromatic heterocycles. The first-order valence-corrected chi connectivity index (χ1v) is 8.95. The molecule has 1 aliphatic heterocycles. The van der Waals surface area contributed by atoms with Crippen molar-refractivity contribution >= 4 is 11.9 Å². The lowest BCUT2D eigenvalue weighted by atomic mass is 10.2. The molecule has 0 N–H and O–H groups in total. The van der Waals surface area contributed by atoms with Crippen LogP contribution in [0.15, 0.2) is 30.3 Å². The van der Waals surface area contributed by atoms with E-state index in [9.17, 15) is 14.0 Å². The zero-order valence-corrected chi connectivity index (χ0v) is 15.5. The first-order chi connectivity index (χ1) is 13.0. The fourth-order valence-electron chi connectivity index (χ4n) is 3.09. The average Bonchev–Trinajstić information content (AvgIpc) is 3.06. The maximum absolute atomic E-state index is 13.0. The fraction of sp³-hybridized carbons (Fsp3) is 0.421. The molecule has 3 rings (SSSR count). The topological polar surface area (TPSA) is 67.7 Å². The van der Waals surface area contributed by atoms with Crippen LogP contribution in [-0.2, 0) is 18.3 Å². The van der Waals surface area contributed by atoms with Gasteiger partial charge >= 0.3 is 5.97 Å². The fourth-order valence-corrected chi connectivity index (χ4v) is 3.09. The first kappa shape index (κ1) is 19.0. The van der Waals surface area contributed by atoms with Crippen LogP contribution in [0.2, 0.25) is 0 Å². The SMILES string of the molecule is CCOC(=O)c1cc(C(=O)N2CCN(Cc3ccc(F)cc3)CC2)nn1C. The average molecular weight is 374 g/mol. The Labute approximate surface area is 157 Å². The molecule has 0 spiro atoms. The number of amides is 1. The first-order valence-electron chi connectivity index (χ1n) is 8.95. The largest absolute Gasteiger partial charge is 0.461 e. The molecule has 7 nitrogen and oxygen atoms in total. The molecule has 1 fully saturated rings. The summed E-state index contributed by atoms with van der Waals surface area (Å²) in [6, 6.07) is 7.94. The maximum Gasteiger partial charge on any atom is 0.356 e. The van der Waals surface area contributed by atoms with E-state index in [0.29, 0.717) is 13.1 Å². The predicted octanol–water partition coefficient (Wildman–Crippen LogP) is 1.69. The molecule has 0 atom stereocenters. The van der Waals surface area contributed by atoms with Crippen LogP contribution < -0.4 is 0 Å². The summed E-state index contributed by atoms with van der Waals surface area (Å²) in [5.74, 6) is -0.926. The summed E-state index contributed by atoms with van der Waals surface area (Å²) in [6.07, 6.45) is 0. The van der Waals surface area contributed by atoms with Gasteiger partial charge in [0.15, 0.2) is 5.69 Å². The molecule has 0 unspecified atom stereocenters.